The molecule has 1 aliphatic heterocycles. The van der Waals surface area contributed by atoms with Crippen molar-refractivity contribution in [3.05, 3.63) is 0 Å². The summed E-state index contributed by atoms with van der Waals surface area (Å²) in [5.74, 6) is 0. The fourth-order valence-corrected chi connectivity index (χ4v) is 1.25. The molecule has 0 saturated carbocycles. The maximum atomic E-state index is 8.94. The van der Waals surface area contributed by atoms with Crippen molar-refractivity contribution in [2.24, 2.45) is 5.41 Å². The number of aliphatic hydroxyl groups is 2. The lowest BCUT2D eigenvalue weighted by atomic mass is 9.84. The first kappa shape index (κ1) is 7.98. The zero-order valence-electron chi connectivity index (χ0n) is 6.21. The molecule has 0 bridgehead atoms. The second-order valence-electron chi connectivity index (χ2n) is 3.10. The highest BCUT2D eigenvalue weighted by Crippen LogP contribution is 2.33. The van der Waals surface area contributed by atoms with E-state index in [1.165, 1.54) is 0 Å². The van der Waals surface area contributed by atoms with Crippen molar-refractivity contribution in [3.8, 4) is 0 Å². The molecule has 10 heavy (non-hydrogen) atoms. The van der Waals surface area contributed by atoms with Crippen LogP contribution in [0.3, 0.4) is 0 Å². The van der Waals surface area contributed by atoms with Gasteiger partial charge in [0.2, 0.25) is 0 Å². The molecule has 3 nitrogen and oxygen atoms in total. The Morgan fingerprint density at radius 3 is 2.70 bits per heavy atom. The van der Waals surface area contributed by atoms with E-state index in [4.69, 9.17) is 14.9 Å². The topological polar surface area (TPSA) is 49.7 Å². The van der Waals surface area contributed by atoms with E-state index in [0.717, 1.165) is 6.42 Å². The Morgan fingerprint density at radius 2 is 2.30 bits per heavy atom. The maximum Gasteiger partial charge on any atom is 0.0881 e. The van der Waals surface area contributed by atoms with Gasteiger partial charge in [-0.2, -0.15) is 0 Å². The molecule has 2 unspecified atom stereocenters. The minimum Gasteiger partial charge on any atom is -0.396 e. The van der Waals surface area contributed by atoms with Gasteiger partial charge in [-0.05, 0) is 6.42 Å². The van der Waals surface area contributed by atoms with Crippen molar-refractivity contribution in [1.82, 2.24) is 0 Å². The van der Waals surface area contributed by atoms with E-state index in [9.17, 15) is 0 Å². The lowest BCUT2D eigenvalue weighted by Gasteiger charge is -2.25. The van der Waals surface area contributed by atoms with E-state index in [1.54, 1.807) is 0 Å². The van der Waals surface area contributed by atoms with Gasteiger partial charge in [0.1, 0.15) is 0 Å². The van der Waals surface area contributed by atoms with E-state index in [1.807, 2.05) is 6.92 Å². The molecular formula is C7H14O3. The van der Waals surface area contributed by atoms with Gasteiger partial charge in [-0.15, -0.1) is 0 Å². The van der Waals surface area contributed by atoms with E-state index in [2.05, 4.69) is 0 Å². The smallest absolute Gasteiger partial charge is 0.0881 e. The molecule has 1 heterocycles. The lowest BCUT2D eigenvalue weighted by Crippen LogP contribution is -2.34. The third-order valence-electron chi connectivity index (χ3n) is 2.30. The number of ether oxygens (including phenoxy) is 1. The summed E-state index contributed by atoms with van der Waals surface area (Å²) in [6.45, 7) is 2.69. The van der Waals surface area contributed by atoms with Crippen LogP contribution < -0.4 is 0 Å². The first-order valence-corrected chi connectivity index (χ1v) is 3.56. The Kier molecular flexibility index (Phi) is 2.28. The summed E-state index contributed by atoms with van der Waals surface area (Å²) >= 11 is 0. The summed E-state index contributed by atoms with van der Waals surface area (Å²) in [6, 6.07) is 0. The molecule has 1 rings (SSSR count). The molecule has 0 aromatic heterocycles. The normalized spacial score (nSPS) is 40.5. The van der Waals surface area contributed by atoms with Crippen LogP contribution in [0.25, 0.3) is 0 Å². The van der Waals surface area contributed by atoms with Crippen LogP contribution >= 0.6 is 0 Å². The molecule has 1 fully saturated rings. The molecule has 60 valence electrons. The van der Waals surface area contributed by atoms with Crippen molar-refractivity contribution in [1.29, 1.82) is 0 Å². The molecule has 0 aliphatic carbocycles. The Bertz CT molecular complexity index is 115. The average molecular weight is 146 g/mol. The SMILES string of the molecule is CC1(CO)CCOC1CO. The minimum absolute atomic E-state index is 0.0110. The third-order valence-corrected chi connectivity index (χ3v) is 2.30. The summed E-state index contributed by atoms with van der Waals surface area (Å²) in [7, 11) is 0. The first-order valence-electron chi connectivity index (χ1n) is 3.56. The van der Waals surface area contributed by atoms with Gasteiger partial charge >= 0.3 is 0 Å². The van der Waals surface area contributed by atoms with Crippen molar-refractivity contribution in [2.45, 2.75) is 19.4 Å². The van der Waals surface area contributed by atoms with Crippen LogP contribution in [-0.2, 0) is 4.74 Å². The van der Waals surface area contributed by atoms with Gasteiger partial charge in [-0.25, -0.2) is 0 Å². The Morgan fingerprint density at radius 1 is 1.60 bits per heavy atom. The van der Waals surface area contributed by atoms with Crippen molar-refractivity contribution >= 4 is 0 Å². The number of rotatable bonds is 2. The zero-order chi connectivity index (χ0) is 7.61. The van der Waals surface area contributed by atoms with Crippen LogP contribution in [0.2, 0.25) is 0 Å². The minimum atomic E-state index is -0.214. The van der Waals surface area contributed by atoms with E-state index >= 15 is 0 Å². The zero-order valence-corrected chi connectivity index (χ0v) is 6.21. The van der Waals surface area contributed by atoms with Crippen LogP contribution in [-0.4, -0.2) is 36.1 Å². The Balaban J connectivity index is 2.56. The van der Waals surface area contributed by atoms with E-state index in [-0.39, 0.29) is 24.7 Å². The van der Waals surface area contributed by atoms with Gasteiger partial charge < -0.3 is 14.9 Å². The standard InChI is InChI=1S/C7H14O3/c1-7(5-9)2-3-10-6(7)4-8/h6,8-9H,2-5H2,1H3. The van der Waals surface area contributed by atoms with Gasteiger partial charge in [0.05, 0.1) is 19.3 Å². The second kappa shape index (κ2) is 2.86. The molecule has 0 spiro atoms. The molecule has 2 N–H and O–H groups in total. The maximum absolute atomic E-state index is 8.94. The van der Waals surface area contributed by atoms with Gasteiger partial charge in [-0.3, -0.25) is 0 Å². The van der Waals surface area contributed by atoms with Crippen molar-refractivity contribution in [2.75, 3.05) is 19.8 Å². The molecule has 1 saturated heterocycles. The van der Waals surface area contributed by atoms with Gasteiger partial charge in [0.25, 0.3) is 0 Å². The highest BCUT2D eigenvalue weighted by molar-refractivity contribution is 4.86. The van der Waals surface area contributed by atoms with Crippen molar-refractivity contribution < 1.29 is 14.9 Å². The van der Waals surface area contributed by atoms with Gasteiger partial charge in [-0.1, -0.05) is 6.92 Å². The molecule has 1 aliphatic rings. The predicted octanol–water partition coefficient (Wildman–Crippen LogP) is -0.234. The van der Waals surface area contributed by atoms with Crippen LogP contribution in [0, 0.1) is 5.41 Å². The highest BCUT2D eigenvalue weighted by Gasteiger charge is 2.38. The summed E-state index contributed by atoms with van der Waals surface area (Å²) < 4.78 is 5.20. The fraction of sp³-hybridized carbons (Fsp3) is 1.00. The number of aliphatic hydroxyl groups excluding tert-OH is 2. The first-order chi connectivity index (χ1) is 4.73. The quantitative estimate of drug-likeness (QED) is 0.565. The second-order valence-corrected chi connectivity index (χ2v) is 3.10. The largest absolute Gasteiger partial charge is 0.396 e. The van der Waals surface area contributed by atoms with Crippen LogP contribution in [0.15, 0.2) is 0 Å². The molecule has 2 atom stereocenters. The predicted molar refractivity (Wildman–Crippen MR) is 36.6 cm³/mol. The van der Waals surface area contributed by atoms with Crippen molar-refractivity contribution in [3.63, 3.8) is 0 Å². The fourth-order valence-electron chi connectivity index (χ4n) is 1.25. The number of hydrogen-bond donors (Lipinski definition) is 2. The van der Waals surface area contributed by atoms with E-state index < -0.39 is 0 Å². The summed E-state index contributed by atoms with van der Waals surface area (Å²) in [6.07, 6.45) is 0.673. The summed E-state index contributed by atoms with van der Waals surface area (Å²) in [4.78, 5) is 0. The molecule has 3 heteroatoms. The van der Waals surface area contributed by atoms with Gasteiger partial charge in [0.15, 0.2) is 0 Å². The lowest BCUT2D eigenvalue weighted by molar-refractivity contribution is -0.0114. The third kappa shape index (κ3) is 1.17. The van der Waals surface area contributed by atoms with Crippen LogP contribution in [0.4, 0.5) is 0 Å². The molecule has 0 amide bonds. The highest BCUT2D eigenvalue weighted by atomic mass is 16.5. The molecule has 0 aromatic rings. The van der Waals surface area contributed by atoms with Gasteiger partial charge in [0, 0.05) is 12.0 Å². The molecular weight excluding hydrogens is 132 g/mol. The van der Waals surface area contributed by atoms with E-state index in [0.29, 0.717) is 6.61 Å². The average Bonchev–Trinajstić information content (AvgIpc) is 2.32. The summed E-state index contributed by atoms with van der Waals surface area (Å²) in [5.41, 5.74) is -0.214. The Hall–Kier alpha value is -0.120. The van der Waals surface area contributed by atoms with Crippen LogP contribution in [0.5, 0.6) is 0 Å². The molecule has 0 aromatic carbocycles. The monoisotopic (exact) mass is 146 g/mol. The number of hydrogen-bond acceptors (Lipinski definition) is 3. The summed E-state index contributed by atoms with van der Waals surface area (Å²) in [5, 5.41) is 17.7. The van der Waals surface area contributed by atoms with Crippen LogP contribution in [0.1, 0.15) is 13.3 Å². The Labute approximate surface area is 60.6 Å². The molecule has 0 radical (unpaired) electrons.